The summed E-state index contributed by atoms with van der Waals surface area (Å²) in [5.74, 6) is 0.461. The van der Waals surface area contributed by atoms with Crippen LogP contribution in [0.5, 0.6) is 5.75 Å². The van der Waals surface area contributed by atoms with Crippen molar-refractivity contribution in [2.45, 2.75) is 19.4 Å². The van der Waals surface area contributed by atoms with Crippen LogP contribution in [-0.4, -0.2) is 12.0 Å². The van der Waals surface area contributed by atoms with Crippen molar-refractivity contribution in [1.82, 2.24) is 0 Å². The summed E-state index contributed by atoms with van der Waals surface area (Å²) in [6.07, 6.45) is -0.0728. The third kappa shape index (κ3) is 4.06. The molecule has 0 bridgehead atoms. The summed E-state index contributed by atoms with van der Waals surface area (Å²) in [6, 6.07) is 18.7. The molecule has 0 heterocycles. The average Bonchev–Trinajstić information content (AvgIpc) is 2.62. The van der Waals surface area contributed by atoms with Crippen molar-refractivity contribution in [3.8, 4) is 5.75 Å². The van der Waals surface area contributed by atoms with Gasteiger partial charge in [0.05, 0.1) is 10.0 Å². The predicted octanol–water partition coefficient (Wildman–Crippen LogP) is 5.94. The first-order valence-electron chi connectivity index (χ1n) is 7.99. The summed E-state index contributed by atoms with van der Waals surface area (Å²) in [5.41, 5.74) is 0.583. The summed E-state index contributed by atoms with van der Waals surface area (Å²) in [6.45, 7) is 1.91. The number of hydrogen-bond acceptors (Lipinski definition) is 2. The van der Waals surface area contributed by atoms with Gasteiger partial charge in [0, 0.05) is 11.1 Å². The summed E-state index contributed by atoms with van der Waals surface area (Å²) < 4.78 is 5.99. The second kappa shape index (κ2) is 7.77. The van der Waals surface area contributed by atoms with E-state index >= 15 is 0 Å². The number of anilines is 1. The second-order valence-electron chi connectivity index (χ2n) is 5.61. The monoisotopic (exact) mass is 373 g/mol. The van der Waals surface area contributed by atoms with Crippen molar-refractivity contribution in [1.29, 1.82) is 0 Å². The largest absolute Gasteiger partial charge is 0.480 e. The molecule has 0 aromatic heterocycles. The van der Waals surface area contributed by atoms with E-state index in [1.165, 1.54) is 0 Å². The van der Waals surface area contributed by atoms with E-state index in [1.54, 1.807) is 18.2 Å². The van der Waals surface area contributed by atoms with Crippen LogP contribution in [0.3, 0.4) is 0 Å². The molecule has 3 aromatic rings. The van der Waals surface area contributed by atoms with E-state index in [9.17, 15) is 4.79 Å². The molecule has 0 fully saturated rings. The molecule has 3 aromatic carbocycles. The number of fused-ring (bicyclic) bond motifs is 1. The molecule has 0 aliphatic heterocycles. The third-order valence-corrected chi connectivity index (χ3v) is 4.61. The minimum absolute atomic E-state index is 0.228. The lowest BCUT2D eigenvalue weighted by Gasteiger charge is -2.18. The Balaban J connectivity index is 1.79. The van der Waals surface area contributed by atoms with Crippen LogP contribution in [0.4, 0.5) is 5.69 Å². The summed E-state index contributed by atoms with van der Waals surface area (Å²) >= 11 is 11.9. The first kappa shape index (κ1) is 17.6. The number of benzene rings is 3. The number of ether oxygens (including phenoxy) is 1. The van der Waals surface area contributed by atoms with Crippen molar-refractivity contribution >= 4 is 45.6 Å². The van der Waals surface area contributed by atoms with E-state index in [1.807, 2.05) is 49.4 Å². The van der Waals surface area contributed by atoms with Gasteiger partial charge in [-0.3, -0.25) is 4.79 Å². The minimum Gasteiger partial charge on any atom is -0.480 e. The highest BCUT2D eigenvalue weighted by molar-refractivity contribution is 6.42. The first-order chi connectivity index (χ1) is 12.1. The van der Waals surface area contributed by atoms with Gasteiger partial charge >= 0.3 is 0 Å². The van der Waals surface area contributed by atoms with E-state index in [-0.39, 0.29) is 5.91 Å². The van der Waals surface area contributed by atoms with Crippen LogP contribution in [0.1, 0.15) is 13.3 Å². The van der Waals surface area contributed by atoms with Crippen LogP contribution in [0.15, 0.2) is 60.7 Å². The number of carbonyl (C=O) groups excluding carboxylic acids is 1. The maximum absolute atomic E-state index is 12.6. The number of amides is 1. The topological polar surface area (TPSA) is 38.3 Å². The molecular weight excluding hydrogens is 357 g/mol. The lowest BCUT2D eigenvalue weighted by molar-refractivity contribution is -0.122. The number of carbonyl (C=O) groups is 1. The van der Waals surface area contributed by atoms with E-state index in [2.05, 4.69) is 5.32 Å². The van der Waals surface area contributed by atoms with Gasteiger partial charge in [0.1, 0.15) is 5.75 Å². The van der Waals surface area contributed by atoms with Gasteiger partial charge in [-0.25, -0.2) is 0 Å². The Morgan fingerprint density at radius 1 is 1.04 bits per heavy atom. The Labute approximate surface area is 156 Å². The van der Waals surface area contributed by atoms with Crippen molar-refractivity contribution in [3.05, 3.63) is 70.7 Å². The fraction of sp³-hybridized carbons (Fsp3) is 0.150. The number of rotatable bonds is 5. The van der Waals surface area contributed by atoms with E-state index in [4.69, 9.17) is 27.9 Å². The van der Waals surface area contributed by atoms with Gasteiger partial charge in [0.2, 0.25) is 0 Å². The van der Waals surface area contributed by atoms with Crippen LogP contribution < -0.4 is 10.1 Å². The maximum Gasteiger partial charge on any atom is 0.265 e. The molecule has 128 valence electrons. The van der Waals surface area contributed by atoms with E-state index in [0.717, 1.165) is 10.8 Å². The first-order valence-corrected chi connectivity index (χ1v) is 8.74. The number of nitrogens with one attached hydrogen (secondary N) is 1. The van der Waals surface area contributed by atoms with Crippen molar-refractivity contribution in [2.24, 2.45) is 0 Å². The van der Waals surface area contributed by atoms with Crippen molar-refractivity contribution in [2.75, 3.05) is 5.32 Å². The standard InChI is InChI=1S/C20H17Cl2NO2/c1-2-18(20(24)23-14-10-11-16(21)17(22)12-14)25-19-9-5-7-13-6-3-4-8-15(13)19/h3-12,18H,2H2,1H3,(H,23,24)/t18-/m0/s1. The predicted molar refractivity (Wildman–Crippen MR) is 104 cm³/mol. The van der Waals surface area contributed by atoms with Crippen LogP contribution in [0, 0.1) is 0 Å². The fourth-order valence-corrected chi connectivity index (χ4v) is 2.87. The Bertz CT molecular complexity index is 906. The van der Waals surface area contributed by atoms with Crippen LogP contribution >= 0.6 is 23.2 Å². The maximum atomic E-state index is 12.6. The van der Waals surface area contributed by atoms with E-state index < -0.39 is 6.10 Å². The molecule has 0 radical (unpaired) electrons. The Morgan fingerprint density at radius 3 is 2.56 bits per heavy atom. The molecule has 25 heavy (non-hydrogen) atoms. The zero-order chi connectivity index (χ0) is 17.8. The van der Waals surface area contributed by atoms with Crippen molar-refractivity contribution in [3.63, 3.8) is 0 Å². The summed E-state index contributed by atoms with van der Waals surface area (Å²) in [4.78, 5) is 12.6. The minimum atomic E-state index is -0.611. The van der Waals surface area contributed by atoms with Gasteiger partial charge in [-0.2, -0.15) is 0 Å². The van der Waals surface area contributed by atoms with Gasteiger partial charge in [0.15, 0.2) is 6.10 Å². The molecule has 1 atom stereocenters. The number of halogens is 2. The summed E-state index contributed by atoms with van der Waals surface area (Å²) in [5, 5.41) is 5.70. The number of hydrogen-bond donors (Lipinski definition) is 1. The molecule has 0 spiro atoms. The molecule has 1 N–H and O–H groups in total. The molecule has 1 amide bonds. The molecule has 3 nitrogen and oxygen atoms in total. The highest BCUT2D eigenvalue weighted by atomic mass is 35.5. The molecular formula is C20H17Cl2NO2. The molecule has 0 saturated heterocycles. The smallest absolute Gasteiger partial charge is 0.265 e. The molecule has 0 unspecified atom stereocenters. The van der Waals surface area contributed by atoms with Gasteiger partial charge in [-0.05, 0) is 36.1 Å². The highest BCUT2D eigenvalue weighted by Gasteiger charge is 2.19. The average molecular weight is 374 g/mol. The highest BCUT2D eigenvalue weighted by Crippen LogP contribution is 2.28. The Kier molecular flexibility index (Phi) is 5.47. The van der Waals surface area contributed by atoms with Crippen molar-refractivity contribution < 1.29 is 9.53 Å². The van der Waals surface area contributed by atoms with Crippen LogP contribution in [-0.2, 0) is 4.79 Å². The molecule has 0 aliphatic rings. The lowest BCUT2D eigenvalue weighted by Crippen LogP contribution is -2.32. The second-order valence-corrected chi connectivity index (χ2v) is 6.42. The molecule has 3 rings (SSSR count). The lowest BCUT2D eigenvalue weighted by atomic mass is 10.1. The van der Waals surface area contributed by atoms with Gasteiger partial charge in [-0.1, -0.05) is 66.5 Å². The fourth-order valence-electron chi connectivity index (χ4n) is 2.57. The van der Waals surface area contributed by atoms with E-state index in [0.29, 0.717) is 27.9 Å². The normalized spacial score (nSPS) is 12.0. The molecule has 5 heteroatoms. The summed E-state index contributed by atoms with van der Waals surface area (Å²) in [7, 11) is 0. The van der Waals surface area contributed by atoms with Gasteiger partial charge in [0.25, 0.3) is 5.91 Å². The Hall–Kier alpha value is -2.23. The van der Waals surface area contributed by atoms with Gasteiger partial charge in [-0.15, -0.1) is 0 Å². The third-order valence-electron chi connectivity index (χ3n) is 3.87. The zero-order valence-corrected chi connectivity index (χ0v) is 15.1. The van der Waals surface area contributed by atoms with Gasteiger partial charge < -0.3 is 10.1 Å². The molecule has 0 saturated carbocycles. The quantitative estimate of drug-likeness (QED) is 0.600. The molecule has 0 aliphatic carbocycles. The Morgan fingerprint density at radius 2 is 1.80 bits per heavy atom. The zero-order valence-electron chi connectivity index (χ0n) is 13.6. The SMILES string of the molecule is CC[C@H](Oc1cccc2ccccc12)C(=O)Nc1ccc(Cl)c(Cl)c1. The van der Waals surface area contributed by atoms with Crippen LogP contribution in [0.25, 0.3) is 10.8 Å². The van der Waals surface area contributed by atoms with Crippen LogP contribution in [0.2, 0.25) is 10.0 Å².